The number of hydrogen-bond acceptors (Lipinski definition) is 6. The number of benzene rings is 3. The molecule has 3 rings (SSSR count). The van der Waals surface area contributed by atoms with E-state index in [1.807, 2.05) is 37.4 Å². The van der Waals surface area contributed by atoms with Crippen LogP contribution < -0.4 is 19.3 Å². The van der Waals surface area contributed by atoms with Gasteiger partial charge in [0, 0.05) is 30.2 Å². The van der Waals surface area contributed by atoms with Crippen molar-refractivity contribution in [2.75, 3.05) is 41.7 Å². The number of amides is 1. The van der Waals surface area contributed by atoms with Crippen LogP contribution in [0.15, 0.2) is 82.6 Å². The summed E-state index contributed by atoms with van der Waals surface area (Å²) in [7, 11) is -4.04. The fourth-order valence-corrected chi connectivity index (χ4v) is 5.76. The molecule has 0 aliphatic rings. The van der Waals surface area contributed by atoms with Crippen LogP contribution in [-0.4, -0.2) is 46.8 Å². The normalized spacial score (nSPS) is 11.1. The highest BCUT2D eigenvalue weighted by molar-refractivity contribution is 7.98. The molecular weight excluding hydrogens is 506 g/mol. The van der Waals surface area contributed by atoms with E-state index < -0.39 is 15.9 Å². The molecule has 3 aromatic rings. The topological polar surface area (TPSA) is 79.0 Å². The van der Waals surface area contributed by atoms with E-state index in [0.29, 0.717) is 24.6 Å². The van der Waals surface area contributed by atoms with E-state index in [2.05, 4.69) is 24.1 Å². The van der Waals surface area contributed by atoms with Gasteiger partial charge in [-0.15, -0.1) is 11.8 Å². The van der Waals surface area contributed by atoms with Gasteiger partial charge in [-0.25, -0.2) is 8.42 Å². The molecule has 7 nitrogen and oxygen atoms in total. The third kappa shape index (κ3) is 7.20. The number of rotatable bonds is 13. The van der Waals surface area contributed by atoms with Crippen molar-refractivity contribution in [2.24, 2.45) is 0 Å². The second-order valence-electron chi connectivity index (χ2n) is 8.20. The Morgan fingerprint density at radius 1 is 0.919 bits per heavy atom. The molecule has 198 valence electrons. The molecule has 0 radical (unpaired) electrons. The largest absolute Gasteiger partial charge is 0.492 e. The molecule has 0 saturated heterocycles. The van der Waals surface area contributed by atoms with Gasteiger partial charge in [0.25, 0.3) is 10.0 Å². The lowest BCUT2D eigenvalue weighted by Crippen LogP contribution is -2.40. The minimum atomic E-state index is -4.04. The highest BCUT2D eigenvalue weighted by atomic mass is 32.2. The van der Waals surface area contributed by atoms with Gasteiger partial charge in [0.15, 0.2) is 0 Å². The van der Waals surface area contributed by atoms with Crippen LogP contribution in [0.3, 0.4) is 0 Å². The summed E-state index contributed by atoms with van der Waals surface area (Å²) in [5, 5.41) is 2.87. The number of sulfonamides is 1. The van der Waals surface area contributed by atoms with Crippen molar-refractivity contribution in [1.29, 1.82) is 0 Å². The molecule has 37 heavy (non-hydrogen) atoms. The lowest BCUT2D eigenvalue weighted by Gasteiger charge is -2.26. The minimum Gasteiger partial charge on any atom is -0.492 e. The summed E-state index contributed by atoms with van der Waals surface area (Å²) < 4.78 is 34.3. The van der Waals surface area contributed by atoms with Gasteiger partial charge >= 0.3 is 0 Å². The molecule has 0 bridgehead atoms. The number of ether oxygens (including phenoxy) is 1. The van der Waals surface area contributed by atoms with Crippen LogP contribution in [0.1, 0.15) is 26.3 Å². The predicted octanol–water partition coefficient (Wildman–Crippen LogP) is 5.17. The van der Waals surface area contributed by atoms with E-state index >= 15 is 0 Å². The first kappa shape index (κ1) is 28.4. The van der Waals surface area contributed by atoms with Gasteiger partial charge in [-0.1, -0.05) is 24.3 Å². The Morgan fingerprint density at radius 3 is 2.16 bits per heavy atom. The first-order valence-electron chi connectivity index (χ1n) is 12.3. The monoisotopic (exact) mass is 541 g/mol. The summed E-state index contributed by atoms with van der Waals surface area (Å²) in [4.78, 5) is 16.3. The Hall–Kier alpha value is -3.17. The first-order chi connectivity index (χ1) is 17.8. The van der Waals surface area contributed by atoms with Crippen LogP contribution in [0.5, 0.6) is 5.75 Å². The van der Waals surface area contributed by atoms with Crippen molar-refractivity contribution in [3.05, 3.63) is 78.4 Å². The summed E-state index contributed by atoms with van der Waals surface area (Å²) in [5.41, 5.74) is 2.37. The van der Waals surface area contributed by atoms with Gasteiger partial charge in [-0.05, 0) is 81.1 Å². The van der Waals surface area contributed by atoms with Crippen molar-refractivity contribution in [3.63, 3.8) is 0 Å². The molecule has 0 heterocycles. The average molecular weight is 542 g/mol. The van der Waals surface area contributed by atoms with Gasteiger partial charge < -0.3 is 15.0 Å². The maximum absolute atomic E-state index is 13.7. The predicted molar refractivity (Wildman–Crippen MR) is 152 cm³/mol. The Labute approximate surface area is 224 Å². The molecule has 0 atom stereocenters. The first-order valence-corrected chi connectivity index (χ1v) is 15.0. The number of anilines is 2. The molecule has 1 amide bonds. The van der Waals surface area contributed by atoms with E-state index in [0.717, 1.165) is 33.5 Å². The van der Waals surface area contributed by atoms with E-state index in [9.17, 15) is 13.2 Å². The van der Waals surface area contributed by atoms with Crippen LogP contribution in [0.2, 0.25) is 0 Å². The van der Waals surface area contributed by atoms with Crippen LogP contribution in [0.4, 0.5) is 11.4 Å². The number of thioether (sulfide) groups is 1. The number of nitrogens with zero attached hydrogens (tertiary/aromatic N) is 2. The number of carbonyl (C=O) groups is 1. The number of hydrogen-bond donors (Lipinski definition) is 1. The fraction of sp³-hybridized carbons (Fsp3) is 0.321. The Balaban J connectivity index is 1.84. The van der Waals surface area contributed by atoms with E-state index in [1.54, 1.807) is 48.5 Å². The molecule has 1 N–H and O–H groups in total. The van der Waals surface area contributed by atoms with Crippen LogP contribution in [0, 0.1) is 0 Å². The molecule has 3 aromatic carbocycles. The SMILES string of the molecule is CCOc1ccccc1N(CC(=O)NCc1ccc(N(CC)CC)cc1)S(=O)(=O)c1ccc(SC)cc1. The molecule has 0 spiro atoms. The van der Waals surface area contributed by atoms with Crippen molar-refractivity contribution >= 4 is 39.1 Å². The smallest absolute Gasteiger partial charge is 0.264 e. The molecule has 0 aliphatic carbocycles. The highest BCUT2D eigenvalue weighted by Crippen LogP contribution is 2.33. The second-order valence-corrected chi connectivity index (χ2v) is 10.9. The van der Waals surface area contributed by atoms with Crippen LogP contribution in [0.25, 0.3) is 0 Å². The molecular formula is C28H35N3O4S2. The molecule has 0 saturated carbocycles. The molecule has 0 aliphatic heterocycles. The van der Waals surface area contributed by atoms with Gasteiger partial charge in [-0.2, -0.15) is 0 Å². The second kappa shape index (κ2) is 13.4. The number of nitrogens with one attached hydrogen (secondary N) is 1. The number of para-hydroxylation sites is 2. The molecule has 0 aromatic heterocycles. The quantitative estimate of drug-likeness (QED) is 0.301. The molecule has 9 heteroatoms. The average Bonchev–Trinajstić information content (AvgIpc) is 2.92. The van der Waals surface area contributed by atoms with Gasteiger partial charge in [-0.3, -0.25) is 9.10 Å². The van der Waals surface area contributed by atoms with Crippen molar-refractivity contribution in [2.45, 2.75) is 37.1 Å². The van der Waals surface area contributed by atoms with Crippen molar-refractivity contribution in [3.8, 4) is 5.75 Å². The highest BCUT2D eigenvalue weighted by Gasteiger charge is 2.29. The number of carbonyl (C=O) groups excluding carboxylic acids is 1. The lowest BCUT2D eigenvalue weighted by atomic mass is 10.2. The van der Waals surface area contributed by atoms with Crippen molar-refractivity contribution in [1.82, 2.24) is 5.32 Å². The summed E-state index contributed by atoms with van der Waals surface area (Å²) in [6.07, 6.45) is 1.93. The van der Waals surface area contributed by atoms with E-state index in [1.165, 1.54) is 11.8 Å². The zero-order valence-corrected chi connectivity index (χ0v) is 23.4. The molecule has 0 fully saturated rings. The summed E-state index contributed by atoms with van der Waals surface area (Å²) in [6, 6.07) is 21.5. The summed E-state index contributed by atoms with van der Waals surface area (Å²) in [6.45, 7) is 8.16. The fourth-order valence-electron chi connectivity index (χ4n) is 3.92. The minimum absolute atomic E-state index is 0.108. The van der Waals surface area contributed by atoms with Crippen molar-refractivity contribution < 1.29 is 17.9 Å². The molecule has 0 unspecified atom stereocenters. The van der Waals surface area contributed by atoms with Gasteiger partial charge in [0.2, 0.25) is 5.91 Å². The lowest BCUT2D eigenvalue weighted by molar-refractivity contribution is -0.119. The van der Waals surface area contributed by atoms with Crippen LogP contribution >= 0.6 is 11.8 Å². The zero-order valence-electron chi connectivity index (χ0n) is 21.8. The Bertz CT molecular complexity index is 1260. The zero-order chi connectivity index (χ0) is 26.8. The maximum atomic E-state index is 13.7. The van der Waals surface area contributed by atoms with E-state index in [4.69, 9.17) is 4.74 Å². The van der Waals surface area contributed by atoms with Gasteiger partial charge in [0.05, 0.1) is 17.2 Å². The van der Waals surface area contributed by atoms with Gasteiger partial charge in [0.1, 0.15) is 12.3 Å². The van der Waals surface area contributed by atoms with E-state index in [-0.39, 0.29) is 11.4 Å². The summed E-state index contributed by atoms with van der Waals surface area (Å²) >= 11 is 1.53. The maximum Gasteiger partial charge on any atom is 0.264 e. The Kier molecular flexibility index (Phi) is 10.3. The third-order valence-corrected chi connectivity index (χ3v) is 8.44. The summed E-state index contributed by atoms with van der Waals surface area (Å²) in [5.74, 6) is -0.0162. The Morgan fingerprint density at radius 2 is 1.57 bits per heavy atom. The standard InChI is InChI=1S/C28H35N3O4S2/c1-5-30(6-2)23-14-12-22(13-15-23)20-29-28(32)21-31(26-10-8-9-11-27(26)35-7-3)37(33,34)25-18-16-24(36-4)17-19-25/h8-19H,5-7,20-21H2,1-4H3,(H,29,32). The third-order valence-electron chi connectivity index (χ3n) is 5.92. The van der Waals surface area contributed by atoms with Crippen LogP contribution in [-0.2, 0) is 21.4 Å².